The van der Waals surface area contributed by atoms with Gasteiger partial charge in [0, 0.05) is 13.3 Å². The summed E-state index contributed by atoms with van der Waals surface area (Å²) in [7, 11) is 1.46. The number of hydroxylamine groups is 5. The van der Waals surface area contributed by atoms with E-state index in [2.05, 4.69) is 0 Å². The number of quaternary nitrogens is 1. The number of nitrogens with zero attached hydrogens (tertiary/aromatic N) is 2. The zero-order valence-corrected chi connectivity index (χ0v) is 18.2. The van der Waals surface area contributed by atoms with E-state index in [4.69, 9.17) is 19.8 Å². The Morgan fingerprint density at radius 3 is 2.27 bits per heavy atom. The van der Waals surface area contributed by atoms with Crippen molar-refractivity contribution >= 4 is 24.0 Å². The summed E-state index contributed by atoms with van der Waals surface area (Å²) in [6.45, 7) is 5.43. The molecule has 30 heavy (non-hydrogen) atoms. The molecular weight excluding hydrogens is 390 g/mol. The maximum Gasteiger partial charge on any atom is 0.454 e. The fraction of sp³-hybridized carbons (Fsp3) is 0.524. The van der Waals surface area contributed by atoms with Crippen LogP contribution in [0.15, 0.2) is 30.3 Å². The van der Waals surface area contributed by atoms with Crippen molar-refractivity contribution in [3.63, 3.8) is 0 Å². The first-order valence-electron chi connectivity index (χ1n) is 10.1. The van der Waals surface area contributed by atoms with Gasteiger partial charge in [-0.15, -0.1) is 0 Å². The molecule has 1 rings (SSSR count). The van der Waals surface area contributed by atoms with Crippen molar-refractivity contribution in [1.29, 1.82) is 5.41 Å². The lowest BCUT2D eigenvalue weighted by Gasteiger charge is -2.32. The first-order chi connectivity index (χ1) is 14.2. The number of nitrogens with one attached hydrogen (secondary N) is 1. The fourth-order valence-electron chi connectivity index (χ4n) is 2.56. The van der Waals surface area contributed by atoms with Crippen molar-refractivity contribution in [1.82, 2.24) is 5.06 Å². The lowest BCUT2D eigenvalue weighted by molar-refractivity contribution is -1.01. The Bertz CT molecular complexity index is 725. The smallest absolute Gasteiger partial charge is 0.447 e. The molecule has 166 valence electrons. The van der Waals surface area contributed by atoms with E-state index in [0.717, 1.165) is 12.8 Å². The normalized spacial score (nSPS) is 12.4. The number of carbonyl (C=O) groups is 3. The van der Waals surface area contributed by atoms with Gasteiger partial charge >= 0.3 is 24.0 Å². The summed E-state index contributed by atoms with van der Waals surface area (Å²) >= 11 is 0. The lowest BCUT2D eigenvalue weighted by atomic mass is 10.2. The zero-order valence-electron chi connectivity index (χ0n) is 18.2. The molecule has 0 radical (unpaired) electrons. The van der Waals surface area contributed by atoms with Crippen LogP contribution in [0.25, 0.3) is 0 Å². The third kappa shape index (κ3) is 8.20. The molecular formula is C21H32N3O6+. The van der Waals surface area contributed by atoms with Crippen molar-refractivity contribution < 1.29 is 33.4 Å². The van der Waals surface area contributed by atoms with Crippen molar-refractivity contribution in [3.05, 3.63) is 35.9 Å². The van der Waals surface area contributed by atoms with Crippen molar-refractivity contribution in [3.8, 4) is 0 Å². The van der Waals surface area contributed by atoms with E-state index in [1.807, 2.05) is 19.9 Å². The standard InChI is InChI=1S/C21H32N3O6/c1-5-7-14-24(4,30-17(3)25)20(22)23(21(27)28-15-8-6-2)29-19(26)16-18-12-10-9-11-13-18/h9-13,22H,5-8,14-16H2,1-4H3/q+1. The van der Waals surface area contributed by atoms with E-state index in [1.54, 1.807) is 24.3 Å². The second-order valence-electron chi connectivity index (χ2n) is 6.97. The van der Waals surface area contributed by atoms with Gasteiger partial charge < -0.3 is 9.57 Å². The molecule has 0 spiro atoms. The molecule has 0 aliphatic heterocycles. The Morgan fingerprint density at radius 2 is 1.70 bits per heavy atom. The van der Waals surface area contributed by atoms with E-state index < -0.39 is 28.6 Å². The van der Waals surface area contributed by atoms with Gasteiger partial charge in [-0.2, -0.15) is 0 Å². The van der Waals surface area contributed by atoms with E-state index >= 15 is 0 Å². The summed E-state index contributed by atoms with van der Waals surface area (Å²) in [6, 6.07) is 8.87. The van der Waals surface area contributed by atoms with Gasteiger partial charge in [-0.05, 0) is 17.0 Å². The summed E-state index contributed by atoms with van der Waals surface area (Å²) in [5.74, 6) is -1.90. The first-order valence-corrected chi connectivity index (χ1v) is 10.1. The lowest BCUT2D eigenvalue weighted by Crippen LogP contribution is -2.59. The highest BCUT2D eigenvalue weighted by Gasteiger charge is 2.43. The highest BCUT2D eigenvalue weighted by atomic mass is 16.8. The summed E-state index contributed by atoms with van der Waals surface area (Å²) in [4.78, 5) is 47.1. The minimum Gasteiger partial charge on any atom is -0.447 e. The third-order valence-corrected chi connectivity index (χ3v) is 4.18. The number of hydrogen-bond acceptors (Lipinski definition) is 7. The maximum atomic E-state index is 12.6. The molecule has 1 unspecified atom stereocenters. The Kier molecular flexibility index (Phi) is 10.5. The fourth-order valence-corrected chi connectivity index (χ4v) is 2.56. The molecule has 0 saturated carbocycles. The minimum atomic E-state index is -1.01. The van der Waals surface area contributed by atoms with Gasteiger partial charge in [-0.3, -0.25) is 4.84 Å². The van der Waals surface area contributed by atoms with Gasteiger partial charge in [0.2, 0.25) is 0 Å². The molecule has 0 aliphatic carbocycles. The van der Waals surface area contributed by atoms with Gasteiger partial charge in [0.25, 0.3) is 0 Å². The van der Waals surface area contributed by atoms with Crippen LogP contribution in [0, 0.1) is 5.41 Å². The number of carbonyl (C=O) groups excluding carboxylic acids is 3. The molecule has 1 atom stereocenters. The first kappa shape index (κ1) is 25.1. The number of rotatable bonds is 8. The molecule has 9 heteroatoms. The second kappa shape index (κ2) is 12.6. The molecule has 1 aromatic rings. The third-order valence-electron chi connectivity index (χ3n) is 4.18. The van der Waals surface area contributed by atoms with Gasteiger partial charge in [0.1, 0.15) is 13.6 Å². The molecule has 0 bridgehead atoms. The number of amides is 1. The highest BCUT2D eigenvalue weighted by molar-refractivity contribution is 5.89. The molecule has 0 aliphatic rings. The van der Waals surface area contributed by atoms with Crippen LogP contribution in [-0.4, -0.2) is 53.9 Å². The number of unbranched alkanes of at least 4 members (excludes halogenated alkanes) is 2. The topological polar surface area (TPSA) is 106 Å². The molecule has 0 saturated heterocycles. The van der Waals surface area contributed by atoms with E-state index in [-0.39, 0.29) is 19.6 Å². The SMILES string of the molecule is CCCCOC(=O)N(OC(=O)Cc1ccccc1)C(=N)[N+](C)(CCCC)OC(C)=O. The van der Waals surface area contributed by atoms with E-state index in [9.17, 15) is 14.4 Å². The van der Waals surface area contributed by atoms with Gasteiger partial charge in [0.15, 0.2) is 0 Å². The maximum absolute atomic E-state index is 12.6. The van der Waals surface area contributed by atoms with Crippen molar-refractivity contribution in [2.45, 2.75) is 52.9 Å². The van der Waals surface area contributed by atoms with Crippen LogP contribution in [-0.2, 0) is 30.4 Å². The summed E-state index contributed by atoms with van der Waals surface area (Å²) in [6.07, 6.45) is 1.70. The Morgan fingerprint density at radius 1 is 1.07 bits per heavy atom. The predicted molar refractivity (Wildman–Crippen MR) is 110 cm³/mol. The minimum absolute atomic E-state index is 0.0981. The largest absolute Gasteiger partial charge is 0.454 e. The van der Waals surface area contributed by atoms with Gasteiger partial charge in [-0.25, -0.2) is 19.8 Å². The Labute approximate surface area is 177 Å². The molecule has 0 fully saturated rings. The van der Waals surface area contributed by atoms with E-state index in [0.29, 0.717) is 23.5 Å². The van der Waals surface area contributed by atoms with E-state index in [1.165, 1.54) is 14.0 Å². The second-order valence-corrected chi connectivity index (χ2v) is 6.97. The summed E-state index contributed by atoms with van der Waals surface area (Å²) < 4.78 is 4.48. The zero-order chi connectivity index (χ0) is 22.6. The Hall–Kier alpha value is -2.94. The Balaban J connectivity index is 3.06. The van der Waals surface area contributed by atoms with Crippen molar-refractivity contribution in [2.24, 2.45) is 0 Å². The van der Waals surface area contributed by atoms with Crippen LogP contribution in [0.2, 0.25) is 0 Å². The van der Waals surface area contributed by atoms with Gasteiger partial charge in [0.05, 0.1) is 13.0 Å². The summed E-state index contributed by atoms with van der Waals surface area (Å²) in [5, 5.41) is 8.97. The van der Waals surface area contributed by atoms with Crippen LogP contribution >= 0.6 is 0 Å². The van der Waals surface area contributed by atoms with Gasteiger partial charge in [-0.1, -0.05) is 61.7 Å². The van der Waals surface area contributed by atoms with Crippen LogP contribution in [0.5, 0.6) is 0 Å². The average Bonchev–Trinajstić information content (AvgIpc) is 2.70. The molecule has 1 N–H and O–H groups in total. The number of ether oxygens (including phenoxy) is 1. The molecule has 9 nitrogen and oxygen atoms in total. The molecule has 0 aromatic heterocycles. The van der Waals surface area contributed by atoms with Crippen molar-refractivity contribution in [2.75, 3.05) is 20.2 Å². The van der Waals surface area contributed by atoms with Crippen LogP contribution in [0.4, 0.5) is 4.79 Å². The van der Waals surface area contributed by atoms with Crippen LogP contribution in [0.3, 0.4) is 0 Å². The summed E-state index contributed by atoms with van der Waals surface area (Å²) in [5.41, 5.74) is 0.691. The molecule has 1 amide bonds. The predicted octanol–water partition coefficient (Wildman–Crippen LogP) is 3.59. The van der Waals surface area contributed by atoms with Crippen LogP contribution in [0.1, 0.15) is 52.0 Å². The highest BCUT2D eigenvalue weighted by Crippen LogP contribution is 2.15. The number of guanidine groups is 1. The number of hydrogen-bond donors (Lipinski definition) is 1. The monoisotopic (exact) mass is 422 g/mol. The molecule has 0 heterocycles. The van der Waals surface area contributed by atoms with Crippen LogP contribution < -0.4 is 0 Å². The average molecular weight is 423 g/mol. The number of benzene rings is 1. The molecule has 1 aromatic carbocycles. The quantitative estimate of drug-likeness (QED) is 0.226.